The highest BCUT2D eigenvalue weighted by Crippen LogP contribution is 2.25. The molecule has 2 heterocycles. The quantitative estimate of drug-likeness (QED) is 0.915. The van der Waals surface area contributed by atoms with Crippen LogP contribution in [0.3, 0.4) is 0 Å². The van der Waals surface area contributed by atoms with E-state index in [0.29, 0.717) is 0 Å². The van der Waals surface area contributed by atoms with Crippen LogP contribution in [0.25, 0.3) is 0 Å². The molecule has 0 aliphatic carbocycles. The summed E-state index contributed by atoms with van der Waals surface area (Å²) in [6, 6.07) is 8.23. The second-order valence-corrected chi connectivity index (χ2v) is 5.79. The molecule has 1 amide bonds. The number of amides is 1. The topological polar surface area (TPSA) is 41.6 Å². The summed E-state index contributed by atoms with van der Waals surface area (Å²) in [5.41, 5.74) is 2.40. The summed E-state index contributed by atoms with van der Waals surface area (Å²) in [5.74, 6) is 0.263. The van der Waals surface area contributed by atoms with Crippen LogP contribution in [0, 0.1) is 5.92 Å². The first-order chi connectivity index (χ1) is 9.74. The number of hydrogen-bond acceptors (Lipinski definition) is 3. The minimum atomic E-state index is 0.0382. The third kappa shape index (κ3) is 2.80. The van der Waals surface area contributed by atoms with Crippen molar-refractivity contribution in [1.82, 2.24) is 4.90 Å². The van der Waals surface area contributed by atoms with E-state index in [1.165, 1.54) is 11.3 Å². The molecule has 1 fully saturated rings. The Bertz CT molecular complexity index is 483. The largest absolute Gasteiger partial charge is 0.384 e. The van der Waals surface area contributed by atoms with Gasteiger partial charge in [-0.1, -0.05) is 18.2 Å². The molecule has 4 heteroatoms. The summed E-state index contributed by atoms with van der Waals surface area (Å²) in [6.45, 7) is 2.29. The van der Waals surface area contributed by atoms with E-state index >= 15 is 0 Å². The molecule has 1 aromatic rings. The predicted octanol–water partition coefficient (Wildman–Crippen LogP) is 1.91. The molecule has 0 aromatic heterocycles. The van der Waals surface area contributed by atoms with Crippen molar-refractivity contribution in [2.75, 3.05) is 32.1 Å². The maximum atomic E-state index is 12.5. The van der Waals surface area contributed by atoms with Gasteiger partial charge < -0.3 is 15.0 Å². The Morgan fingerprint density at radius 2 is 2.30 bits per heavy atom. The summed E-state index contributed by atoms with van der Waals surface area (Å²) in [6.07, 6.45) is 3.25. The monoisotopic (exact) mass is 274 g/mol. The van der Waals surface area contributed by atoms with Gasteiger partial charge in [0.15, 0.2) is 0 Å². The molecule has 1 N–H and O–H groups in total. The highest BCUT2D eigenvalue weighted by Gasteiger charge is 2.28. The number of fused-ring (bicyclic) bond motifs is 1. The number of para-hydroxylation sites is 1. The van der Waals surface area contributed by atoms with Gasteiger partial charge in [0.25, 0.3) is 0 Å². The van der Waals surface area contributed by atoms with Gasteiger partial charge in [0.2, 0.25) is 5.91 Å². The molecule has 108 valence electrons. The van der Waals surface area contributed by atoms with Gasteiger partial charge in [-0.2, -0.15) is 0 Å². The molecule has 4 nitrogen and oxygen atoms in total. The van der Waals surface area contributed by atoms with Crippen molar-refractivity contribution >= 4 is 11.6 Å². The lowest BCUT2D eigenvalue weighted by Gasteiger charge is -2.30. The van der Waals surface area contributed by atoms with Crippen molar-refractivity contribution in [2.45, 2.75) is 25.4 Å². The number of benzene rings is 1. The van der Waals surface area contributed by atoms with E-state index < -0.39 is 0 Å². The average Bonchev–Trinajstić information content (AvgIpc) is 2.99. The number of nitrogens with zero attached hydrogens (tertiary/aromatic N) is 1. The zero-order valence-electron chi connectivity index (χ0n) is 12.0. The summed E-state index contributed by atoms with van der Waals surface area (Å²) >= 11 is 0. The zero-order valence-corrected chi connectivity index (χ0v) is 12.0. The van der Waals surface area contributed by atoms with E-state index in [1.807, 2.05) is 24.1 Å². The second-order valence-electron chi connectivity index (χ2n) is 5.79. The Morgan fingerprint density at radius 1 is 1.45 bits per heavy atom. The number of nitrogens with one attached hydrogen (secondary N) is 1. The fraction of sp³-hybridized carbons (Fsp3) is 0.562. The maximum Gasteiger partial charge on any atom is 0.227 e. The smallest absolute Gasteiger partial charge is 0.227 e. The molecule has 2 aliphatic rings. The van der Waals surface area contributed by atoms with Crippen LogP contribution in [-0.4, -0.2) is 43.7 Å². The van der Waals surface area contributed by atoms with Gasteiger partial charge in [0.1, 0.15) is 0 Å². The molecule has 0 bridgehead atoms. The van der Waals surface area contributed by atoms with Crippen molar-refractivity contribution < 1.29 is 9.53 Å². The highest BCUT2D eigenvalue weighted by atomic mass is 16.5. The molecule has 0 radical (unpaired) electrons. The molecular weight excluding hydrogens is 252 g/mol. The minimum Gasteiger partial charge on any atom is -0.384 e. The number of ether oxygens (including phenoxy) is 1. The molecule has 2 atom stereocenters. The summed E-state index contributed by atoms with van der Waals surface area (Å²) in [5, 5.41) is 3.36. The van der Waals surface area contributed by atoms with Crippen molar-refractivity contribution in [3.05, 3.63) is 29.8 Å². The third-order valence-electron chi connectivity index (χ3n) is 4.25. The van der Waals surface area contributed by atoms with E-state index in [-0.39, 0.29) is 17.9 Å². The molecule has 3 rings (SSSR count). The van der Waals surface area contributed by atoms with Crippen molar-refractivity contribution in [1.29, 1.82) is 0 Å². The van der Waals surface area contributed by atoms with Gasteiger partial charge in [-0.15, -0.1) is 0 Å². The van der Waals surface area contributed by atoms with Gasteiger partial charge >= 0.3 is 0 Å². The molecule has 2 unspecified atom stereocenters. The average molecular weight is 274 g/mol. The summed E-state index contributed by atoms with van der Waals surface area (Å²) < 4.78 is 5.61. The van der Waals surface area contributed by atoms with E-state index in [1.54, 1.807) is 0 Å². The molecule has 0 spiro atoms. The van der Waals surface area contributed by atoms with Gasteiger partial charge in [-0.3, -0.25) is 4.79 Å². The van der Waals surface area contributed by atoms with Crippen LogP contribution in [0.2, 0.25) is 0 Å². The number of rotatable bonds is 3. The Kier molecular flexibility index (Phi) is 3.92. The fourth-order valence-electron chi connectivity index (χ4n) is 3.11. The SMILES string of the molecule is CN(CC1CCCO1)C(=O)C1CNc2ccccc2C1. The minimum absolute atomic E-state index is 0.0382. The second kappa shape index (κ2) is 5.83. The molecule has 0 saturated carbocycles. The Balaban J connectivity index is 1.60. The molecule has 1 saturated heterocycles. The van der Waals surface area contributed by atoms with Crippen molar-refractivity contribution in [3.8, 4) is 0 Å². The highest BCUT2D eigenvalue weighted by molar-refractivity contribution is 5.80. The van der Waals surface area contributed by atoms with E-state index in [0.717, 1.165) is 39.0 Å². The Labute approximate surface area is 120 Å². The molecule has 2 aliphatic heterocycles. The van der Waals surface area contributed by atoms with Crippen molar-refractivity contribution in [2.24, 2.45) is 5.92 Å². The number of likely N-dealkylation sites (N-methyl/N-ethyl adjacent to an activating group) is 1. The lowest BCUT2D eigenvalue weighted by molar-refractivity contribution is -0.135. The van der Waals surface area contributed by atoms with Crippen LogP contribution in [0.15, 0.2) is 24.3 Å². The van der Waals surface area contributed by atoms with Gasteiger partial charge in [-0.25, -0.2) is 0 Å². The van der Waals surface area contributed by atoms with E-state index in [4.69, 9.17) is 4.74 Å². The molecular formula is C16H22N2O2. The van der Waals surface area contributed by atoms with Crippen LogP contribution in [0.1, 0.15) is 18.4 Å². The predicted molar refractivity (Wildman–Crippen MR) is 78.7 cm³/mol. The number of carbonyl (C=O) groups is 1. The standard InChI is InChI=1S/C16H22N2O2/c1-18(11-14-6-4-8-20-14)16(19)13-9-12-5-2-3-7-15(12)17-10-13/h2-3,5,7,13-14,17H,4,6,8-11H2,1H3. The fourth-order valence-corrected chi connectivity index (χ4v) is 3.11. The number of hydrogen-bond donors (Lipinski definition) is 1. The number of anilines is 1. The maximum absolute atomic E-state index is 12.5. The molecule has 20 heavy (non-hydrogen) atoms. The third-order valence-corrected chi connectivity index (χ3v) is 4.25. The lowest BCUT2D eigenvalue weighted by atomic mass is 9.93. The van der Waals surface area contributed by atoms with Crippen LogP contribution in [0.5, 0.6) is 0 Å². The molecule has 1 aromatic carbocycles. The first-order valence-electron chi connectivity index (χ1n) is 7.42. The Hall–Kier alpha value is -1.55. The van der Waals surface area contributed by atoms with Crippen LogP contribution < -0.4 is 5.32 Å². The van der Waals surface area contributed by atoms with Gasteiger partial charge in [0, 0.05) is 32.4 Å². The van der Waals surface area contributed by atoms with Gasteiger partial charge in [0.05, 0.1) is 12.0 Å². The van der Waals surface area contributed by atoms with Gasteiger partial charge in [-0.05, 0) is 30.9 Å². The van der Waals surface area contributed by atoms with E-state index in [2.05, 4.69) is 17.4 Å². The Morgan fingerprint density at radius 3 is 3.10 bits per heavy atom. The normalized spacial score (nSPS) is 24.9. The number of carbonyl (C=O) groups excluding carboxylic acids is 1. The summed E-state index contributed by atoms with van der Waals surface area (Å²) in [4.78, 5) is 14.4. The van der Waals surface area contributed by atoms with Crippen molar-refractivity contribution in [3.63, 3.8) is 0 Å². The van der Waals surface area contributed by atoms with Crippen LogP contribution in [0.4, 0.5) is 5.69 Å². The van der Waals surface area contributed by atoms with Crippen LogP contribution in [-0.2, 0) is 16.0 Å². The van der Waals surface area contributed by atoms with E-state index in [9.17, 15) is 4.79 Å². The first kappa shape index (κ1) is 13.4. The lowest BCUT2D eigenvalue weighted by Crippen LogP contribution is -2.42. The first-order valence-corrected chi connectivity index (χ1v) is 7.42. The summed E-state index contributed by atoms with van der Waals surface area (Å²) in [7, 11) is 1.89. The zero-order chi connectivity index (χ0) is 13.9. The van der Waals surface area contributed by atoms with Crippen LogP contribution >= 0.6 is 0 Å².